The van der Waals surface area contributed by atoms with Gasteiger partial charge in [0, 0.05) is 12.6 Å². The lowest BCUT2D eigenvalue weighted by atomic mass is 10.0. The molecule has 0 saturated carbocycles. The van der Waals surface area contributed by atoms with E-state index in [1.165, 1.54) is 6.92 Å². The van der Waals surface area contributed by atoms with Crippen molar-refractivity contribution >= 4 is 29.4 Å². The monoisotopic (exact) mass is 425 g/mol. The minimum Gasteiger partial charge on any atom is -0.456 e. The number of esters is 1. The Morgan fingerprint density at radius 1 is 0.903 bits per heavy atom. The Morgan fingerprint density at radius 2 is 1.55 bits per heavy atom. The summed E-state index contributed by atoms with van der Waals surface area (Å²) in [7, 11) is 0. The zero-order valence-electron chi connectivity index (χ0n) is 17.9. The second kappa shape index (κ2) is 11.5. The Bertz CT molecular complexity index is 923. The smallest absolute Gasteiger partial charge is 0.308 e. The molecular formula is C23H27N3O5. The molecular weight excluding hydrogens is 398 g/mol. The van der Waals surface area contributed by atoms with Crippen LogP contribution in [0.4, 0.5) is 5.69 Å². The van der Waals surface area contributed by atoms with Crippen LogP contribution >= 0.6 is 0 Å². The summed E-state index contributed by atoms with van der Waals surface area (Å²) in [5.74, 6) is -1.90. The molecule has 0 saturated heterocycles. The van der Waals surface area contributed by atoms with E-state index in [0.29, 0.717) is 5.69 Å². The first-order valence-electron chi connectivity index (χ1n) is 9.86. The second-order valence-corrected chi connectivity index (χ2v) is 7.12. The van der Waals surface area contributed by atoms with Crippen molar-refractivity contribution in [2.24, 2.45) is 0 Å². The summed E-state index contributed by atoms with van der Waals surface area (Å²) in [4.78, 5) is 47.6. The molecule has 8 heteroatoms. The predicted octanol–water partition coefficient (Wildman–Crippen LogP) is 2.17. The Kier molecular flexibility index (Phi) is 8.75. The number of hydrogen-bond acceptors (Lipinski definition) is 5. The first kappa shape index (κ1) is 23.6. The molecule has 0 radical (unpaired) electrons. The first-order chi connectivity index (χ1) is 14.8. The number of hydrogen-bond donors (Lipinski definition) is 3. The highest BCUT2D eigenvalue weighted by atomic mass is 16.5. The number of para-hydroxylation sites is 1. The van der Waals surface area contributed by atoms with Crippen molar-refractivity contribution < 1.29 is 23.9 Å². The molecule has 1 atom stereocenters. The fourth-order valence-electron chi connectivity index (χ4n) is 2.98. The van der Waals surface area contributed by atoms with Crippen LogP contribution in [0.5, 0.6) is 0 Å². The standard InChI is InChI=1S/C23H27N3O5/c1-15-8-7-9-16(2)23(15)26-20(28)13-24-21(29)14-31-22(30)12-19(25-17(3)27)18-10-5-4-6-11-18/h4-11,19H,12-14H2,1-3H3,(H,24,29)(H,25,27)(H,26,28)/t19-/m1/s1. The fraction of sp³-hybridized carbons (Fsp3) is 0.304. The van der Waals surface area contributed by atoms with Crippen molar-refractivity contribution in [3.05, 3.63) is 65.2 Å². The van der Waals surface area contributed by atoms with Gasteiger partial charge in [-0.15, -0.1) is 0 Å². The number of anilines is 1. The van der Waals surface area contributed by atoms with Gasteiger partial charge in [-0.25, -0.2) is 0 Å². The van der Waals surface area contributed by atoms with Gasteiger partial charge in [0.2, 0.25) is 11.8 Å². The number of carbonyl (C=O) groups excluding carboxylic acids is 4. The number of carbonyl (C=O) groups is 4. The molecule has 0 spiro atoms. The van der Waals surface area contributed by atoms with Gasteiger partial charge in [0.15, 0.2) is 6.61 Å². The van der Waals surface area contributed by atoms with Crippen LogP contribution in [-0.4, -0.2) is 36.8 Å². The summed E-state index contributed by atoms with van der Waals surface area (Å²) in [6.45, 7) is 4.35. The summed E-state index contributed by atoms with van der Waals surface area (Å²) in [5, 5.41) is 7.87. The normalized spacial score (nSPS) is 11.2. The summed E-state index contributed by atoms with van der Waals surface area (Å²) >= 11 is 0. The van der Waals surface area contributed by atoms with E-state index in [1.54, 1.807) is 24.3 Å². The Hall–Kier alpha value is -3.68. The second-order valence-electron chi connectivity index (χ2n) is 7.12. The topological polar surface area (TPSA) is 114 Å². The van der Waals surface area contributed by atoms with E-state index < -0.39 is 24.5 Å². The molecule has 164 valence electrons. The third kappa shape index (κ3) is 7.93. The number of amides is 3. The molecule has 0 fully saturated rings. The van der Waals surface area contributed by atoms with Gasteiger partial charge in [-0.2, -0.15) is 0 Å². The van der Waals surface area contributed by atoms with Crippen LogP contribution < -0.4 is 16.0 Å². The summed E-state index contributed by atoms with van der Waals surface area (Å²) < 4.78 is 4.99. The minimum absolute atomic E-state index is 0.121. The zero-order valence-corrected chi connectivity index (χ0v) is 17.9. The van der Waals surface area contributed by atoms with Crippen LogP contribution in [0.1, 0.15) is 36.1 Å². The molecule has 3 amide bonds. The van der Waals surface area contributed by atoms with E-state index in [-0.39, 0.29) is 24.8 Å². The van der Waals surface area contributed by atoms with Crippen molar-refractivity contribution in [1.82, 2.24) is 10.6 Å². The molecule has 0 aliphatic carbocycles. The van der Waals surface area contributed by atoms with Crippen LogP contribution in [0.15, 0.2) is 48.5 Å². The molecule has 0 aliphatic rings. The number of rotatable bonds is 9. The average molecular weight is 425 g/mol. The molecule has 8 nitrogen and oxygen atoms in total. The van der Waals surface area contributed by atoms with Gasteiger partial charge in [0.25, 0.3) is 5.91 Å². The molecule has 0 aliphatic heterocycles. The lowest BCUT2D eigenvalue weighted by molar-refractivity contribution is -0.149. The van der Waals surface area contributed by atoms with Crippen molar-refractivity contribution in [3.63, 3.8) is 0 Å². The van der Waals surface area contributed by atoms with Gasteiger partial charge in [-0.1, -0.05) is 48.5 Å². The third-order valence-corrected chi connectivity index (χ3v) is 4.51. The van der Waals surface area contributed by atoms with Gasteiger partial charge in [-0.05, 0) is 30.5 Å². The number of aryl methyl sites for hydroxylation is 2. The molecule has 3 N–H and O–H groups in total. The van der Waals surface area contributed by atoms with E-state index >= 15 is 0 Å². The van der Waals surface area contributed by atoms with Crippen molar-refractivity contribution in [3.8, 4) is 0 Å². The molecule has 0 heterocycles. The molecule has 0 aromatic heterocycles. The van der Waals surface area contributed by atoms with E-state index in [0.717, 1.165) is 16.7 Å². The minimum atomic E-state index is -0.641. The molecule has 0 unspecified atom stereocenters. The van der Waals surface area contributed by atoms with Crippen molar-refractivity contribution in [2.45, 2.75) is 33.2 Å². The maximum absolute atomic E-state index is 12.1. The van der Waals surface area contributed by atoms with Gasteiger partial charge < -0.3 is 20.7 Å². The van der Waals surface area contributed by atoms with Crippen LogP contribution in [0, 0.1) is 13.8 Å². The SMILES string of the molecule is CC(=O)N[C@H](CC(=O)OCC(=O)NCC(=O)Nc1c(C)cccc1C)c1ccccc1. The fourth-order valence-corrected chi connectivity index (χ4v) is 2.98. The van der Waals surface area contributed by atoms with Gasteiger partial charge in [0.05, 0.1) is 19.0 Å². The lowest BCUT2D eigenvalue weighted by Crippen LogP contribution is -2.36. The number of benzene rings is 2. The quantitative estimate of drug-likeness (QED) is 0.533. The van der Waals surface area contributed by atoms with Crippen molar-refractivity contribution in [2.75, 3.05) is 18.5 Å². The summed E-state index contributed by atoms with van der Waals surface area (Å²) in [6, 6.07) is 14.1. The highest BCUT2D eigenvalue weighted by molar-refractivity contribution is 5.96. The molecule has 2 aromatic rings. The van der Waals surface area contributed by atoms with Gasteiger partial charge >= 0.3 is 5.97 Å². The maximum atomic E-state index is 12.1. The molecule has 2 rings (SSSR count). The Balaban J connectivity index is 1.78. The number of nitrogens with one attached hydrogen (secondary N) is 3. The van der Waals surface area contributed by atoms with Crippen LogP contribution in [0.25, 0.3) is 0 Å². The average Bonchev–Trinajstić information content (AvgIpc) is 2.73. The Morgan fingerprint density at radius 3 is 2.16 bits per heavy atom. The maximum Gasteiger partial charge on any atom is 0.308 e. The summed E-state index contributed by atoms with van der Waals surface area (Å²) in [5.41, 5.74) is 3.29. The van der Waals surface area contributed by atoms with Crippen LogP contribution in [-0.2, 0) is 23.9 Å². The van der Waals surface area contributed by atoms with E-state index in [9.17, 15) is 19.2 Å². The van der Waals surface area contributed by atoms with E-state index in [2.05, 4.69) is 16.0 Å². The first-order valence-corrected chi connectivity index (χ1v) is 9.86. The van der Waals surface area contributed by atoms with Gasteiger partial charge in [0.1, 0.15) is 0 Å². The Labute approximate surface area is 181 Å². The largest absolute Gasteiger partial charge is 0.456 e. The van der Waals surface area contributed by atoms with Crippen molar-refractivity contribution in [1.29, 1.82) is 0 Å². The van der Waals surface area contributed by atoms with Gasteiger partial charge in [-0.3, -0.25) is 19.2 Å². The molecule has 31 heavy (non-hydrogen) atoms. The van der Waals surface area contributed by atoms with Crippen LogP contribution in [0.3, 0.4) is 0 Å². The van der Waals surface area contributed by atoms with E-state index in [1.807, 2.05) is 38.1 Å². The highest BCUT2D eigenvalue weighted by Crippen LogP contribution is 2.19. The van der Waals surface area contributed by atoms with E-state index in [4.69, 9.17) is 4.74 Å². The highest BCUT2D eigenvalue weighted by Gasteiger charge is 2.19. The number of ether oxygens (including phenoxy) is 1. The molecule has 0 bridgehead atoms. The predicted molar refractivity (Wildman–Crippen MR) is 116 cm³/mol. The van der Waals surface area contributed by atoms with Crippen LogP contribution in [0.2, 0.25) is 0 Å². The molecule has 2 aromatic carbocycles. The zero-order chi connectivity index (χ0) is 22.8. The lowest BCUT2D eigenvalue weighted by Gasteiger charge is -2.17. The summed E-state index contributed by atoms with van der Waals surface area (Å²) in [6.07, 6.45) is -0.121. The third-order valence-electron chi connectivity index (χ3n) is 4.51.